The number of hydrogen-bond acceptors (Lipinski definition) is 7. The highest BCUT2D eigenvalue weighted by Gasteiger charge is 2.39. The lowest BCUT2D eigenvalue weighted by Crippen LogP contribution is -2.55. The molecule has 0 N–H and O–H groups in total. The fourth-order valence-electron chi connectivity index (χ4n) is 5.21. The van der Waals surface area contributed by atoms with Crippen molar-refractivity contribution in [1.82, 2.24) is 19.7 Å². The number of piperazine rings is 1. The molecule has 0 radical (unpaired) electrons. The van der Waals surface area contributed by atoms with Crippen LogP contribution in [0.2, 0.25) is 0 Å². The van der Waals surface area contributed by atoms with E-state index in [0.29, 0.717) is 45.6 Å². The number of nitrogens with zero attached hydrogens (tertiary/aromatic N) is 4. The molecular formula is C22H34N4O4S2. The van der Waals surface area contributed by atoms with Crippen molar-refractivity contribution in [3.05, 3.63) is 16.1 Å². The van der Waals surface area contributed by atoms with Gasteiger partial charge in [0.05, 0.1) is 24.5 Å². The highest BCUT2D eigenvalue weighted by atomic mass is 32.2. The van der Waals surface area contributed by atoms with Crippen molar-refractivity contribution >= 4 is 33.0 Å². The Balaban J connectivity index is 1.32. The predicted octanol–water partition coefficient (Wildman–Crippen LogP) is 1.49. The number of carbonyl (C=O) groups excluding carboxylic acids is 2. The molecule has 1 aliphatic carbocycles. The number of carbonyl (C=O) groups is 2. The molecule has 32 heavy (non-hydrogen) atoms. The third-order valence-corrected chi connectivity index (χ3v) is 9.63. The summed E-state index contributed by atoms with van der Waals surface area (Å²) in [6.45, 7) is 4.78. The average Bonchev–Trinajstić information content (AvgIpc) is 3.33. The highest BCUT2D eigenvalue weighted by molar-refractivity contribution is 7.91. The van der Waals surface area contributed by atoms with Crippen LogP contribution in [0.5, 0.6) is 0 Å². The first-order valence-corrected chi connectivity index (χ1v) is 14.4. The summed E-state index contributed by atoms with van der Waals surface area (Å²) in [5, 5.41) is 2.81. The van der Waals surface area contributed by atoms with Crippen molar-refractivity contribution in [2.24, 2.45) is 0 Å². The number of thiazole rings is 1. The predicted molar refractivity (Wildman–Crippen MR) is 124 cm³/mol. The maximum absolute atomic E-state index is 13.4. The minimum absolute atomic E-state index is 0.0528. The van der Waals surface area contributed by atoms with Gasteiger partial charge in [0.2, 0.25) is 11.8 Å². The smallest absolute Gasteiger partial charge is 0.237 e. The van der Waals surface area contributed by atoms with Crippen molar-refractivity contribution < 1.29 is 18.0 Å². The van der Waals surface area contributed by atoms with Crippen molar-refractivity contribution in [2.75, 3.05) is 44.2 Å². The Kier molecular flexibility index (Phi) is 7.51. The fraction of sp³-hybridized carbons (Fsp3) is 0.773. The van der Waals surface area contributed by atoms with E-state index in [1.807, 2.05) is 22.1 Å². The Morgan fingerprint density at radius 2 is 1.81 bits per heavy atom. The lowest BCUT2D eigenvalue weighted by Gasteiger charge is -2.40. The molecule has 3 fully saturated rings. The van der Waals surface area contributed by atoms with E-state index in [0.717, 1.165) is 36.4 Å². The number of sulfone groups is 1. The number of rotatable bonds is 6. The van der Waals surface area contributed by atoms with Gasteiger partial charge in [0.1, 0.15) is 5.01 Å². The van der Waals surface area contributed by atoms with Crippen molar-refractivity contribution in [3.63, 3.8) is 0 Å². The van der Waals surface area contributed by atoms with Gasteiger partial charge in [-0.15, -0.1) is 11.3 Å². The molecule has 10 heteroatoms. The van der Waals surface area contributed by atoms with Gasteiger partial charge in [-0.2, -0.15) is 0 Å². The molecule has 0 aromatic carbocycles. The SMILES string of the molecule is Cc1csc(CC(=O)N2CCN(CC(=O)N(C3CCCCC3)C3CCS(=O)(=O)C3)CC2)n1. The molecular weight excluding hydrogens is 448 g/mol. The van der Waals surface area contributed by atoms with Gasteiger partial charge in [0.25, 0.3) is 0 Å². The summed E-state index contributed by atoms with van der Waals surface area (Å²) in [5.41, 5.74) is 0.943. The Hall–Kier alpha value is -1.52. The molecule has 2 amide bonds. The maximum Gasteiger partial charge on any atom is 0.237 e. The van der Waals surface area contributed by atoms with E-state index in [-0.39, 0.29) is 35.4 Å². The molecule has 1 atom stereocenters. The molecule has 2 aliphatic heterocycles. The Bertz CT molecular complexity index is 918. The molecule has 2 saturated heterocycles. The van der Waals surface area contributed by atoms with E-state index in [1.54, 1.807) is 0 Å². The summed E-state index contributed by atoms with van der Waals surface area (Å²) in [6, 6.07) is -0.0145. The van der Waals surface area contributed by atoms with E-state index in [2.05, 4.69) is 9.88 Å². The molecule has 178 valence electrons. The Morgan fingerprint density at radius 3 is 2.41 bits per heavy atom. The summed E-state index contributed by atoms with van der Waals surface area (Å²) in [4.78, 5) is 36.3. The first kappa shape index (κ1) is 23.6. The van der Waals surface area contributed by atoms with Crippen LogP contribution in [0.4, 0.5) is 0 Å². The van der Waals surface area contributed by atoms with Gasteiger partial charge in [-0.1, -0.05) is 19.3 Å². The summed E-state index contributed by atoms with van der Waals surface area (Å²) >= 11 is 1.52. The van der Waals surface area contributed by atoms with E-state index in [9.17, 15) is 18.0 Å². The van der Waals surface area contributed by atoms with Crippen LogP contribution in [-0.4, -0.2) is 96.2 Å². The topological polar surface area (TPSA) is 90.9 Å². The van der Waals surface area contributed by atoms with Crippen molar-refractivity contribution in [1.29, 1.82) is 0 Å². The van der Waals surface area contributed by atoms with Crippen LogP contribution >= 0.6 is 11.3 Å². The van der Waals surface area contributed by atoms with E-state index in [4.69, 9.17) is 0 Å². The van der Waals surface area contributed by atoms with Gasteiger partial charge in [-0.25, -0.2) is 13.4 Å². The molecule has 0 spiro atoms. The van der Waals surface area contributed by atoms with Crippen LogP contribution in [0.15, 0.2) is 5.38 Å². The first-order valence-electron chi connectivity index (χ1n) is 11.7. The molecule has 1 aromatic heterocycles. The van der Waals surface area contributed by atoms with Gasteiger partial charge in [0, 0.05) is 49.3 Å². The average molecular weight is 483 g/mol. The molecule has 0 bridgehead atoms. The molecule has 3 aliphatic rings. The lowest BCUT2D eigenvalue weighted by molar-refractivity contribution is -0.139. The molecule has 3 heterocycles. The van der Waals surface area contributed by atoms with E-state index < -0.39 is 9.84 Å². The monoisotopic (exact) mass is 482 g/mol. The van der Waals surface area contributed by atoms with Gasteiger partial charge < -0.3 is 9.80 Å². The van der Waals surface area contributed by atoms with Gasteiger partial charge >= 0.3 is 0 Å². The summed E-state index contributed by atoms with van der Waals surface area (Å²) < 4.78 is 24.2. The van der Waals surface area contributed by atoms with Crippen LogP contribution < -0.4 is 0 Å². The third-order valence-electron chi connectivity index (χ3n) is 6.91. The van der Waals surface area contributed by atoms with Gasteiger partial charge in [-0.3, -0.25) is 14.5 Å². The standard InChI is InChI=1S/C22H34N4O4S2/c1-17-15-31-20(23-17)13-21(27)25-10-8-24(9-11-25)14-22(28)26(18-5-3-2-4-6-18)19-7-12-32(29,30)16-19/h15,18-19H,2-14,16H2,1H3. The second kappa shape index (κ2) is 10.2. The largest absolute Gasteiger partial charge is 0.340 e. The summed E-state index contributed by atoms with van der Waals surface area (Å²) in [5.74, 6) is 0.434. The van der Waals surface area contributed by atoms with Crippen LogP contribution in [0.1, 0.15) is 49.2 Å². The number of hydrogen-bond donors (Lipinski definition) is 0. The normalized spacial score (nSPS) is 24.5. The minimum atomic E-state index is -3.04. The zero-order valence-electron chi connectivity index (χ0n) is 18.9. The second-order valence-corrected chi connectivity index (χ2v) is 12.5. The quantitative estimate of drug-likeness (QED) is 0.610. The van der Waals surface area contributed by atoms with Gasteiger partial charge in [0.15, 0.2) is 9.84 Å². The molecule has 8 nitrogen and oxygen atoms in total. The second-order valence-electron chi connectivity index (χ2n) is 9.37. The summed E-state index contributed by atoms with van der Waals surface area (Å²) in [7, 11) is -3.04. The lowest BCUT2D eigenvalue weighted by atomic mass is 9.92. The summed E-state index contributed by atoms with van der Waals surface area (Å²) in [6.07, 6.45) is 6.24. The number of aryl methyl sites for hydroxylation is 1. The molecule has 1 aromatic rings. The Morgan fingerprint density at radius 1 is 1.09 bits per heavy atom. The van der Waals surface area contributed by atoms with Gasteiger partial charge in [-0.05, 0) is 26.2 Å². The molecule has 1 saturated carbocycles. The molecule has 4 rings (SSSR count). The number of amides is 2. The zero-order valence-corrected chi connectivity index (χ0v) is 20.5. The molecule has 1 unspecified atom stereocenters. The maximum atomic E-state index is 13.4. The highest BCUT2D eigenvalue weighted by Crippen LogP contribution is 2.28. The first-order chi connectivity index (χ1) is 15.3. The minimum Gasteiger partial charge on any atom is -0.340 e. The van der Waals surface area contributed by atoms with E-state index >= 15 is 0 Å². The van der Waals surface area contributed by atoms with Crippen molar-refractivity contribution in [2.45, 2.75) is 64.0 Å². The fourth-order valence-corrected chi connectivity index (χ4v) is 7.69. The Labute approximate surface area is 194 Å². The van der Waals surface area contributed by atoms with Crippen LogP contribution in [0, 0.1) is 6.92 Å². The van der Waals surface area contributed by atoms with Crippen LogP contribution in [0.25, 0.3) is 0 Å². The van der Waals surface area contributed by atoms with Crippen molar-refractivity contribution in [3.8, 4) is 0 Å². The number of aromatic nitrogens is 1. The van der Waals surface area contributed by atoms with E-state index in [1.165, 1.54) is 17.8 Å². The third kappa shape index (κ3) is 5.88. The zero-order chi connectivity index (χ0) is 22.7. The van der Waals surface area contributed by atoms with Crippen LogP contribution in [-0.2, 0) is 25.8 Å². The van der Waals surface area contributed by atoms with Crippen LogP contribution in [0.3, 0.4) is 0 Å².